The van der Waals surface area contributed by atoms with Crippen molar-refractivity contribution < 1.29 is 4.79 Å². The van der Waals surface area contributed by atoms with Gasteiger partial charge in [-0.1, -0.05) is 19.1 Å². The van der Waals surface area contributed by atoms with Crippen LogP contribution < -0.4 is 16.0 Å². The molecular formula is C12H18N4OS. The summed E-state index contributed by atoms with van der Waals surface area (Å²) in [6, 6.07) is 1.78. The molecule has 1 aromatic rings. The summed E-state index contributed by atoms with van der Waals surface area (Å²) < 4.78 is 0. The highest BCUT2D eigenvalue weighted by molar-refractivity contribution is 7.80. The number of pyridine rings is 1. The van der Waals surface area contributed by atoms with E-state index in [1.165, 1.54) is 0 Å². The van der Waals surface area contributed by atoms with Crippen molar-refractivity contribution in [3.8, 4) is 0 Å². The Morgan fingerprint density at radius 1 is 1.67 bits per heavy atom. The predicted octanol–water partition coefficient (Wildman–Crippen LogP) is 0.534. The number of thiocarbonyl (C=S) groups is 1. The fourth-order valence-electron chi connectivity index (χ4n) is 1.74. The number of hydrogen-bond acceptors (Lipinski definition) is 4. The Kier molecular flexibility index (Phi) is 5.03. The number of nitrogens with zero attached hydrogens (tertiary/aromatic N) is 2. The van der Waals surface area contributed by atoms with Gasteiger partial charge in [0.2, 0.25) is 5.91 Å². The van der Waals surface area contributed by atoms with E-state index in [0.29, 0.717) is 11.5 Å². The molecule has 1 aromatic heterocycles. The zero-order valence-electron chi connectivity index (χ0n) is 10.8. The largest absolute Gasteiger partial charge is 0.389 e. The average Bonchev–Trinajstić information content (AvgIpc) is 2.37. The molecule has 6 heteroatoms. The van der Waals surface area contributed by atoms with Gasteiger partial charge in [0.15, 0.2) is 0 Å². The van der Waals surface area contributed by atoms with Crippen LogP contribution in [0, 0.1) is 5.92 Å². The molecule has 0 saturated carbocycles. The van der Waals surface area contributed by atoms with Crippen LogP contribution in [0.5, 0.6) is 0 Å². The van der Waals surface area contributed by atoms with E-state index in [9.17, 15) is 4.79 Å². The molecule has 0 aromatic carbocycles. The van der Waals surface area contributed by atoms with Crippen LogP contribution in [0.3, 0.4) is 0 Å². The molecule has 98 valence electrons. The number of nitrogens with two attached hydrogens (primary N) is 1. The van der Waals surface area contributed by atoms with E-state index in [1.807, 2.05) is 18.9 Å². The fraction of sp³-hybridized carbons (Fsp3) is 0.417. The first kappa shape index (κ1) is 14.4. The van der Waals surface area contributed by atoms with Crippen LogP contribution in [0.15, 0.2) is 18.5 Å². The standard InChI is InChI=1S/C12H18N4OS/c1-8(12(17)14-2)7-16(3)10-6-15-5-4-9(10)11(13)18/h4-6,8H,7H2,1-3H3,(H2,13,18)(H,14,17). The summed E-state index contributed by atoms with van der Waals surface area (Å²) in [6.45, 7) is 2.44. The molecule has 0 spiro atoms. The monoisotopic (exact) mass is 266 g/mol. The molecule has 0 saturated heterocycles. The van der Waals surface area contributed by atoms with E-state index in [2.05, 4.69) is 10.3 Å². The van der Waals surface area contributed by atoms with Crippen LogP contribution in [0.2, 0.25) is 0 Å². The minimum absolute atomic E-state index is 0.00242. The van der Waals surface area contributed by atoms with Crippen molar-refractivity contribution in [1.82, 2.24) is 10.3 Å². The number of carbonyl (C=O) groups excluding carboxylic acids is 1. The maximum Gasteiger partial charge on any atom is 0.224 e. The summed E-state index contributed by atoms with van der Waals surface area (Å²) in [6.07, 6.45) is 3.35. The molecule has 1 heterocycles. The van der Waals surface area contributed by atoms with Gasteiger partial charge < -0.3 is 16.0 Å². The van der Waals surface area contributed by atoms with Crippen molar-refractivity contribution >= 4 is 28.8 Å². The molecule has 5 nitrogen and oxygen atoms in total. The minimum Gasteiger partial charge on any atom is -0.389 e. The number of carbonyl (C=O) groups is 1. The zero-order chi connectivity index (χ0) is 13.7. The van der Waals surface area contributed by atoms with Crippen LogP contribution in [0.1, 0.15) is 12.5 Å². The highest BCUT2D eigenvalue weighted by Crippen LogP contribution is 2.18. The lowest BCUT2D eigenvalue weighted by Crippen LogP contribution is -2.35. The van der Waals surface area contributed by atoms with E-state index in [0.717, 1.165) is 11.3 Å². The Morgan fingerprint density at radius 2 is 2.33 bits per heavy atom. The van der Waals surface area contributed by atoms with Gasteiger partial charge in [0.1, 0.15) is 4.99 Å². The first-order valence-electron chi connectivity index (χ1n) is 5.64. The minimum atomic E-state index is -0.126. The molecule has 1 unspecified atom stereocenters. The molecule has 18 heavy (non-hydrogen) atoms. The number of amides is 1. The first-order chi connectivity index (χ1) is 8.47. The topological polar surface area (TPSA) is 71.2 Å². The molecule has 0 radical (unpaired) electrons. The Hall–Kier alpha value is -1.69. The second kappa shape index (κ2) is 6.30. The van der Waals surface area contributed by atoms with Gasteiger partial charge in [-0.15, -0.1) is 0 Å². The van der Waals surface area contributed by atoms with Gasteiger partial charge in [-0.05, 0) is 6.07 Å². The van der Waals surface area contributed by atoms with Gasteiger partial charge in [0.05, 0.1) is 17.8 Å². The van der Waals surface area contributed by atoms with Crippen LogP contribution >= 0.6 is 12.2 Å². The molecule has 0 aliphatic rings. The second-order valence-electron chi connectivity index (χ2n) is 4.15. The number of anilines is 1. The van der Waals surface area contributed by atoms with Crippen LogP contribution in [-0.4, -0.2) is 36.5 Å². The quantitative estimate of drug-likeness (QED) is 0.761. The Bertz CT molecular complexity index is 449. The van der Waals surface area contributed by atoms with Crippen molar-refractivity contribution in [2.24, 2.45) is 11.7 Å². The molecule has 1 amide bonds. The molecule has 0 aliphatic carbocycles. The number of aromatic nitrogens is 1. The predicted molar refractivity (Wildman–Crippen MR) is 76.6 cm³/mol. The summed E-state index contributed by atoms with van der Waals surface area (Å²) in [7, 11) is 3.52. The third kappa shape index (κ3) is 3.40. The average molecular weight is 266 g/mol. The van der Waals surface area contributed by atoms with E-state index in [1.54, 1.807) is 25.5 Å². The van der Waals surface area contributed by atoms with Crippen LogP contribution in [-0.2, 0) is 4.79 Å². The zero-order valence-corrected chi connectivity index (χ0v) is 11.6. The van der Waals surface area contributed by atoms with Gasteiger partial charge in [-0.2, -0.15) is 0 Å². The molecular weight excluding hydrogens is 248 g/mol. The maximum absolute atomic E-state index is 11.5. The molecule has 1 rings (SSSR count). The lowest BCUT2D eigenvalue weighted by atomic mass is 10.1. The maximum atomic E-state index is 11.5. The molecule has 0 fully saturated rings. The van der Waals surface area contributed by atoms with Gasteiger partial charge in [0.25, 0.3) is 0 Å². The van der Waals surface area contributed by atoms with E-state index in [-0.39, 0.29) is 11.8 Å². The lowest BCUT2D eigenvalue weighted by Gasteiger charge is -2.24. The lowest BCUT2D eigenvalue weighted by molar-refractivity contribution is -0.123. The number of hydrogen-bond donors (Lipinski definition) is 2. The molecule has 1 atom stereocenters. The third-order valence-electron chi connectivity index (χ3n) is 2.72. The molecule has 0 aliphatic heterocycles. The normalized spacial score (nSPS) is 11.7. The summed E-state index contributed by atoms with van der Waals surface area (Å²) in [5, 5.41) is 2.63. The van der Waals surface area contributed by atoms with Crippen molar-refractivity contribution in [2.45, 2.75) is 6.92 Å². The fourth-order valence-corrected chi connectivity index (χ4v) is 1.91. The summed E-state index contributed by atoms with van der Waals surface area (Å²) in [4.78, 5) is 17.8. The van der Waals surface area contributed by atoms with E-state index < -0.39 is 0 Å². The highest BCUT2D eigenvalue weighted by Gasteiger charge is 2.16. The van der Waals surface area contributed by atoms with Crippen molar-refractivity contribution in [3.05, 3.63) is 24.0 Å². The molecule has 0 bridgehead atoms. The van der Waals surface area contributed by atoms with E-state index >= 15 is 0 Å². The van der Waals surface area contributed by atoms with Crippen molar-refractivity contribution in [3.63, 3.8) is 0 Å². The highest BCUT2D eigenvalue weighted by atomic mass is 32.1. The Morgan fingerprint density at radius 3 is 2.89 bits per heavy atom. The van der Waals surface area contributed by atoms with Gasteiger partial charge in [-0.25, -0.2) is 0 Å². The molecule has 3 N–H and O–H groups in total. The summed E-state index contributed by atoms with van der Waals surface area (Å²) in [5.41, 5.74) is 7.27. The first-order valence-corrected chi connectivity index (χ1v) is 6.04. The third-order valence-corrected chi connectivity index (χ3v) is 2.94. The van der Waals surface area contributed by atoms with Gasteiger partial charge >= 0.3 is 0 Å². The van der Waals surface area contributed by atoms with Gasteiger partial charge in [0, 0.05) is 32.4 Å². The second-order valence-corrected chi connectivity index (χ2v) is 4.59. The summed E-state index contributed by atoms with van der Waals surface area (Å²) >= 11 is 5.00. The Balaban J connectivity index is 2.87. The van der Waals surface area contributed by atoms with Gasteiger partial charge in [-0.3, -0.25) is 9.78 Å². The Labute approximate surface area is 112 Å². The van der Waals surface area contributed by atoms with Crippen molar-refractivity contribution in [2.75, 3.05) is 25.5 Å². The van der Waals surface area contributed by atoms with Crippen LogP contribution in [0.4, 0.5) is 5.69 Å². The smallest absolute Gasteiger partial charge is 0.224 e. The van der Waals surface area contributed by atoms with E-state index in [4.69, 9.17) is 18.0 Å². The SMILES string of the molecule is CNC(=O)C(C)CN(C)c1cnccc1C(N)=S. The van der Waals surface area contributed by atoms with Crippen LogP contribution in [0.25, 0.3) is 0 Å². The number of nitrogens with one attached hydrogen (secondary N) is 1. The number of rotatable bonds is 5. The summed E-state index contributed by atoms with van der Waals surface area (Å²) in [5.74, 6) is -0.123. The van der Waals surface area contributed by atoms with Crippen molar-refractivity contribution in [1.29, 1.82) is 0 Å².